The quantitative estimate of drug-likeness (QED) is 0.751. The first-order valence-corrected chi connectivity index (χ1v) is 9.72. The van der Waals surface area contributed by atoms with Crippen molar-refractivity contribution >= 4 is 17.3 Å². The molecule has 154 valence electrons. The minimum Gasteiger partial charge on any atom is -0.368 e. The molecule has 0 unspecified atom stereocenters. The number of hydrogen-bond donors (Lipinski definition) is 0. The molecule has 2 aromatic rings. The van der Waals surface area contributed by atoms with E-state index < -0.39 is 18.5 Å². The Bertz CT molecular complexity index is 940. The fraction of sp³-hybridized carbons (Fsp3) is 0.450. The number of rotatable bonds is 5. The van der Waals surface area contributed by atoms with E-state index in [0.29, 0.717) is 38.4 Å². The predicted octanol–water partition coefficient (Wildman–Crippen LogP) is 1.22. The molecule has 1 aromatic heterocycles. The number of piperazine rings is 1. The monoisotopic (exact) mass is 403 g/mol. The lowest BCUT2D eigenvalue weighted by Gasteiger charge is -2.36. The van der Waals surface area contributed by atoms with Crippen molar-refractivity contribution < 1.29 is 13.6 Å². The van der Waals surface area contributed by atoms with Gasteiger partial charge in [-0.25, -0.2) is 13.5 Å². The topological polar surface area (TPSA) is 61.7 Å². The number of hydrogen-bond acceptors (Lipinski definition) is 5. The SMILES string of the molecule is O=C(CN1CCN(c2cnn(CC(F)F)c(=O)c2)CC1)N1CCc2ccccc21. The van der Waals surface area contributed by atoms with Crippen molar-refractivity contribution in [3.05, 3.63) is 52.4 Å². The fourth-order valence-corrected chi connectivity index (χ4v) is 3.90. The maximum Gasteiger partial charge on any atom is 0.269 e. The molecule has 0 spiro atoms. The molecule has 1 amide bonds. The summed E-state index contributed by atoms with van der Waals surface area (Å²) in [5.41, 5.74) is 2.30. The van der Waals surface area contributed by atoms with Gasteiger partial charge >= 0.3 is 0 Å². The van der Waals surface area contributed by atoms with Crippen LogP contribution in [0, 0.1) is 0 Å². The smallest absolute Gasteiger partial charge is 0.269 e. The molecule has 7 nitrogen and oxygen atoms in total. The van der Waals surface area contributed by atoms with E-state index in [0.717, 1.165) is 23.3 Å². The average molecular weight is 403 g/mol. The third-order valence-electron chi connectivity index (χ3n) is 5.45. The van der Waals surface area contributed by atoms with Crippen LogP contribution >= 0.6 is 0 Å². The van der Waals surface area contributed by atoms with E-state index in [1.165, 1.54) is 17.8 Å². The van der Waals surface area contributed by atoms with Gasteiger partial charge in [0.25, 0.3) is 12.0 Å². The van der Waals surface area contributed by atoms with Crippen LogP contribution in [0.15, 0.2) is 41.3 Å². The third kappa shape index (κ3) is 4.29. The van der Waals surface area contributed by atoms with Gasteiger partial charge in [-0.05, 0) is 18.1 Å². The van der Waals surface area contributed by atoms with Gasteiger partial charge in [0.15, 0.2) is 0 Å². The highest BCUT2D eigenvalue weighted by atomic mass is 19.3. The standard InChI is InChI=1S/C20H23F2N5O2/c21-18(22)13-27-19(28)11-16(12-23-27)25-9-7-24(8-10-25)14-20(29)26-6-5-15-3-1-2-4-17(15)26/h1-4,11-12,18H,5-10,13-14H2. The van der Waals surface area contributed by atoms with Crippen LogP contribution in [0.5, 0.6) is 0 Å². The summed E-state index contributed by atoms with van der Waals surface area (Å²) in [6.45, 7) is 3.03. The molecule has 0 atom stereocenters. The van der Waals surface area contributed by atoms with Gasteiger partial charge in [-0.2, -0.15) is 5.10 Å². The second-order valence-electron chi connectivity index (χ2n) is 7.31. The summed E-state index contributed by atoms with van der Waals surface area (Å²) in [7, 11) is 0. The molecule has 0 aliphatic carbocycles. The lowest BCUT2D eigenvalue weighted by Crippen LogP contribution is -2.50. The number of para-hydroxylation sites is 1. The molecule has 2 aliphatic rings. The summed E-state index contributed by atoms with van der Waals surface area (Å²) in [6.07, 6.45) is -0.277. The number of alkyl halides is 2. The first-order valence-electron chi connectivity index (χ1n) is 9.72. The van der Waals surface area contributed by atoms with Gasteiger partial charge in [-0.1, -0.05) is 18.2 Å². The summed E-state index contributed by atoms with van der Waals surface area (Å²) in [6, 6.07) is 9.34. The Morgan fingerprint density at radius 1 is 1.10 bits per heavy atom. The molecule has 1 fully saturated rings. The van der Waals surface area contributed by atoms with Gasteiger partial charge < -0.3 is 9.80 Å². The molecule has 0 bridgehead atoms. The molecule has 1 aromatic carbocycles. The van der Waals surface area contributed by atoms with Crippen molar-refractivity contribution in [2.24, 2.45) is 0 Å². The average Bonchev–Trinajstić information content (AvgIpc) is 3.14. The van der Waals surface area contributed by atoms with Crippen molar-refractivity contribution in [3.8, 4) is 0 Å². The number of amides is 1. The summed E-state index contributed by atoms with van der Waals surface area (Å²) < 4.78 is 25.7. The first-order chi connectivity index (χ1) is 14.0. The van der Waals surface area contributed by atoms with E-state index in [-0.39, 0.29) is 5.91 Å². The highest BCUT2D eigenvalue weighted by Crippen LogP contribution is 2.27. The number of fused-ring (bicyclic) bond motifs is 1. The summed E-state index contributed by atoms with van der Waals surface area (Å²) in [5, 5.41) is 3.84. The number of aromatic nitrogens is 2. The molecule has 3 heterocycles. The van der Waals surface area contributed by atoms with Crippen LogP contribution in [-0.2, 0) is 17.8 Å². The largest absolute Gasteiger partial charge is 0.368 e. The van der Waals surface area contributed by atoms with Crippen molar-refractivity contribution in [3.63, 3.8) is 0 Å². The minimum absolute atomic E-state index is 0.0969. The number of benzene rings is 1. The maximum absolute atomic E-state index is 12.8. The van der Waals surface area contributed by atoms with Crippen LogP contribution in [-0.4, -0.2) is 66.3 Å². The molecular formula is C20H23F2N5O2. The Kier molecular flexibility index (Phi) is 5.57. The zero-order chi connectivity index (χ0) is 20.4. The Hall–Kier alpha value is -2.81. The second-order valence-corrected chi connectivity index (χ2v) is 7.31. The fourth-order valence-electron chi connectivity index (χ4n) is 3.90. The van der Waals surface area contributed by atoms with Crippen LogP contribution < -0.4 is 15.4 Å². The molecule has 1 saturated heterocycles. The highest BCUT2D eigenvalue weighted by molar-refractivity contribution is 5.96. The number of carbonyl (C=O) groups excluding carboxylic acids is 1. The van der Waals surface area contributed by atoms with Gasteiger partial charge in [-0.15, -0.1) is 0 Å². The van der Waals surface area contributed by atoms with Crippen LogP contribution in [0.1, 0.15) is 5.56 Å². The number of halogens is 2. The molecule has 29 heavy (non-hydrogen) atoms. The van der Waals surface area contributed by atoms with Crippen molar-refractivity contribution in [1.29, 1.82) is 0 Å². The maximum atomic E-state index is 12.8. The zero-order valence-electron chi connectivity index (χ0n) is 16.0. The van der Waals surface area contributed by atoms with E-state index in [2.05, 4.69) is 16.1 Å². The van der Waals surface area contributed by atoms with Crippen LogP contribution in [0.4, 0.5) is 20.2 Å². The Balaban J connectivity index is 1.32. The van der Waals surface area contributed by atoms with E-state index in [9.17, 15) is 18.4 Å². The van der Waals surface area contributed by atoms with Crippen LogP contribution in [0.2, 0.25) is 0 Å². The Morgan fingerprint density at radius 3 is 2.59 bits per heavy atom. The first kappa shape index (κ1) is 19.5. The van der Waals surface area contributed by atoms with E-state index in [1.54, 1.807) is 0 Å². The second kappa shape index (κ2) is 8.28. The molecule has 9 heteroatoms. The summed E-state index contributed by atoms with van der Waals surface area (Å²) in [4.78, 5) is 30.7. The summed E-state index contributed by atoms with van der Waals surface area (Å²) >= 11 is 0. The highest BCUT2D eigenvalue weighted by Gasteiger charge is 2.27. The lowest BCUT2D eigenvalue weighted by atomic mass is 10.2. The Labute approximate surface area is 167 Å². The van der Waals surface area contributed by atoms with Gasteiger partial charge in [0, 0.05) is 44.5 Å². The number of nitrogens with zero attached hydrogens (tertiary/aromatic N) is 5. The van der Waals surface area contributed by atoms with Gasteiger partial charge in [0.2, 0.25) is 5.91 Å². The van der Waals surface area contributed by atoms with Gasteiger partial charge in [0.1, 0.15) is 6.54 Å². The van der Waals surface area contributed by atoms with E-state index in [4.69, 9.17) is 0 Å². The summed E-state index contributed by atoms with van der Waals surface area (Å²) in [5.74, 6) is 0.0969. The number of carbonyl (C=O) groups is 1. The third-order valence-corrected chi connectivity index (χ3v) is 5.45. The van der Waals surface area contributed by atoms with E-state index in [1.807, 2.05) is 28.0 Å². The van der Waals surface area contributed by atoms with Gasteiger partial charge in [0.05, 0.1) is 18.4 Å². The molecule has 2 aliphatic heterocycles. The van der Waals surface area contributed by atoms with Crippen molar-refractivity contribution in [2.45, 2.75) is 19.4 Å². The van der Waals surface area contributed by atoms with Crippen LogP contribution in [0.3, 0.4) is 0 Å². The Morgan fingerprint density at radius 2 is 1.86 bits per heavy atom. The van der Waals surface area contributed by atoms with Crippen LogP contribution in [0.25, 0.3) is 0 Å². The predicted molar refractivity (Wildman–Crippen MR) is 106 cm³/mol. The molecular weight excluding hydrogens is 380 g/mol. The number of anilines is 2. The minimum atomic E-state index is -2.62. The molecule has 0 saturated carbocycles. The van der Waals surface area contributed by atoms with Crippen molar-refractivity contribution in [2.75, 3.05) is 49.1 Å². The lowest BCUT2D eigenvalue weighted by molar-refractivity contribution is -0.119. The molecule has 0 N–H and O–H groups in total. The zero-order valence-corrected chi connectivity index (χ0v) is 16.0. The van der Waals surface area contributed by atoms with Crippen molar-refractivity contribution in [1.82, 2.24) is 14.7 Å². The van der Waals surface area contributed by atoms with Gasteiger partial charge in [-0.3, -0.25) is 14.5 Å². The molecule has 4 rings (SSSR count). The van der Waals surface area contributed by atoms with E-state index >= 15 is 0 Å². The normalized spacial score (nSPS) is 17.1. The molecule has 0 radical (unpaired) electrons.